The molecule has 9 nitrogen and oxygen atoms in total. The van der Waals surface area contributed by atoms with Crippen LogP contribution in [0.25, 0.3) is 10.4 Å². The number of amides is 2. The highest BCUT2D eigenvalue weighted by atomic mass is 32.1. The second-order valence-corrected chi connectivity index (χ2v) is 10.3. The van der Waals surface area contributed by atoms with Gasteiger partial charge in [0.2, 0.25) is 5.91 Å². The average molecular weight is 543 g/mol. The summed E-state index contributed by atoms with van der Waals surface area (Å²) in [6.45, 7) is 3.72. The molecule has 5 N–H and O–H groups in total. The van der Waals surface area contributed by atoms with Crippen molar-refractivity contribution >= 4 is 34.0 Å². The van der Waals surface area contributed by atoms with Gasteiger partial charge in [0, 0.05) is 42.0 Å². The van der Waals surface area contributed by atoms with Crippen molar-refractivity contribution in [2.24, 2.45) is 11.7 Å². The molecule has 1 aliphatic rings. The molecule has 0 saturated carbocycles. The standard InChI is InChI=1S/C27H31FN4O5S/c1-16(12-33)18-5-6-20(22(28)9-18)23-10-21(26(29)35)27(38-23)32-24-4-2-3-19(31-24)14-37-15-25(34)30-11-17-7-8-36-13-17/h2-6,9-10,16-17,33H,7-8,11-15H2,1H3,(H2,29,35)(H,30,34)(H,31,32). The number of pyridine rings is 1. The number of carbonyl (C=O) groups is 2. The molecule has 0 spiro atoms. The lowest BCUT2D eigenvalue weighted by Gasteiger charge is -2.10. The van der Waals surface area contributed by atoms with E-state index in [1.54, 1.807) is 43.3 Å². The molecule has 0 radical (unpaired) electrons. The van der Waals surface area contributed by atoms with Gasteiger partial charge in [-0.05, 0) is 36.2 Å². The van der Waals surface area contributed by atoms with Gasteiger partial charge in [0.15, 0.2) is 0 Å². The SMILES string of the molecule is CC(CO)c1ccc(-c2cc(C(N)=O)c(Nc3cccc(COCC(=O)NCC4CCOC4)n3)s2)c(F)c1. The Labute approximate surface area is 224 Å². The largest absolute Gasteiger partial charge is 0.396 e. The molecule has 38 heavy (non-hydrogen) atoms. The zero-order valence-electron chi connectivity index (χ0n) is 21.0. The van der Waals surface area contributed by atoms with Gasteiger partial charge in [0.05, 0.1) is 24.5 Å². The van der Waals surface area contributed by atoms with E-state index in [0.717, 1.165) is 13.0 Å². The number of ether oxygens (including phenoxy) is 2. The summed E-state index contributed by atoms with van der Waals surface area (Å²) in [5.74, 6) is -0.712. The number of carbonyl (C=O) groups excluding carboxylic acids is 2. The number of aliphatic hydroxyl groups excluding tert-OH is 1. The predicted octanol–water partition coefficient (Wildman–Crippen LogP) is 3.56. The van der Waals surface area contributed by atoms with Crippen molar-refractivity contribution in [2.45, 2.75) is 25.9 Å². The van der Waals surface area contributed by atoms with Crippen molar-refractivity contribution in [3.8, 4) is 10.4 Å². The number of nitrogens with zero attached hydrogens (tertiary/aromatic N) is 1. The van der Waals surface area contributed by atoms with Crippen LogP contribution < -0.4 is 16.4 Å². The topological polar surface area (TPSA) is 136 Å². The number of aromatic nitrogens is 1. The summed E-state index contributed by atoms with van der Waals surface area (Å²) in [5, 5.41) is 15.7. The Bertz CT molecular complexity index is 1280. The van der Waals surface area contributed by atoms with Gasteiger partial charge in [-0.15, -0.1) is 11.3 Å². The first-order chi connectivity index (χ1) is 18.3. The molecule has 1 saturated heterocycles. The van der Waals surface area contributed by atoms with Crippen LogP contribution in [0.4, 0.5) is 15.2 Å². The zero-order valence-corrected chi connectivity index (χ0v) is 21.9. The Morgan fingerprint density at radius 2 is 2.16 bits per heavy atom. The minimum atomic E-state index is -0.657. The van der Waals surface area contributed by atoms with Gasteiger partial charge < -0.3 is 30.9 Å². The summed E-state index contributed by atoms with van der Waals surface area (Å²) in [6.07, 6.45) is 0.944. The van der Waals surface area contributed by atoms with Gasteiger partial charge in [-0.2, -0.15) is 0 Å². The third-order valence-corrected chi connectivity index (χ3v) is 7.33. The van der Waals surface area contributed by atoms with Crippen LogP contribution in [-0.2, 0) is 20.9 Å². The average Bonchev–Trinajstić information content (AvgIpc) is 3.57. The quantitative estimate of drug-likeness (QED) is 0.275. The lowest BCUT2D eigenvalue weighted by Crippen LogP contribution is -2.32. The molecule has 4 rings (SSSR count). The maximum atomic E-state index is 14.9. The molecule has 11 heteroatoms. The molecule has 1 fully saturated rings. The number of nitrogens with two attached hydrogens (primary N) is 1. The number of rotatable bonds is 12. The molecule has 2 unspecified atom stereocenters. The predicted molar refractivity (Wildman–Crippen MR) is 143 cm³/mol. The van der Waals surface area contributed by atoms with E-state index in [9.17, 15) is 19.1 Å². The van der Waals surface area contributed by atoms with E-state index in [4.69, 9.17) is 15.2 Å². The van der Waals surface area contributed by atoms with E-state index >= 15 is 0 Å². The Kier molecular flexibility index (Phi) is 9.40. The first-order valence-electron chi connectivity index (χ1n) is 12.3. The van der Waals surface area contributed by atoms with E-state index < -0.39 is 11.7 Å². The van der Waals surface area contributed by atoms with Gasteiger partial charge in [0.25, 0.3) is 5.91 Å². The number of aliphatic hydroxyl groups is 1. The number of anilines is 2. The van der Waals surface area contributed by atoms with Crippen LogP contribution in [0.15, 0.2) is 42.5 Å². The van der Waals surface area contributed by atoms with Crippen LogP contribution in [0.1, 0.15) is 40.9 Å². The first kappa shape index (κ1) is 27.6. The summed E-state index contributed by atoms with van der Waals surface area (Å²) >= 11 is 1.18. The van der Waals surface area contributed by atoms with Crippen molar-refractivity contribution in [3.05, 3.63) is 65.1 Å². The van der Waals surface area contributed by atoms with Crippen molar-refractivity contribution in [2.75, 3.05) is 38.3 Å². The Morgan fingerprint density at radius 1 is 1.32 bits per heavy atom. The van der Waals surface area contributed by atoms with E-state index in [1.165, 1.54) is 17.4 Å². The molecule has 2 atom stereocenters. The van der Waals surface area contributed by atoms with Gasteiger partial charge in [-0.3, -0.25) is 9.59 Å². The summed E-state index contributed by atoms with van der Waals surface area (Å²) in [7, 11) is 0. The summed E-state index contributed by atoms with van der Waals surface area (Å²) in [4.78, 5) is 29.1. The van der Waals surface area contributed by atoms with Crippen molar-refractivity contribution < 1.29 is 28.6 Å². The van der Waals surface area contributed by atoms with Crippen LogP contribution in [0.5, 0.6) is 0 Å². The number of nitrogens with one attached hydrogen (secondary N) is 2. The minimum absolute atomic E-state index is 0.0851. The fraction of sp³-hybridized carbons (Fsp3) is 0.370. The third kappa shape index (κ3) is 7.13. The zero-order chi connectivity index (χ0) is 27.1. The normalized spacial score (nSPS) is 15.8. The van der Waals surface area contributed by atoms with Crippen LogP contribution in [0.2, 0.25) is 0 Å². The fourth-order valence-electron chi connectivity index (χ4n) is 3.99. The van der Waals surface area contributed by atoms with Gasteiger partial charge >= 0.3 is 0 Å². The molecule has 3 heterocycles. The monoisotopic (exact) mass is 542 g/mol. The van der Waals surface area contributed by atoms with E-state index in [1.807, 2.05) is 0 Å². The number of primary amides is 1. The molecule has 1 aromatic carbocycles. The Hall–Kier alpha value is -3.38. The lowest BCUT2D eigenvalue weighted by molar-refractivity contribution is -0.126. The molecule has 1 aliphatic heterocycles. The maximum absolute atomic E-state index is 14.9. The highest BCUT2D eigenvalue weighted by Crippen LogP contribution is 2.38. The maximum Gasteiger partial charge on any atom is 0.251 e. The van der Waals surface area contributed by atoms with Gasteiger partial charge in [-0.25, -0.2) is 9.37 Å². The van der Waals surface area contributed by atoms with E-state index in [0.29, 0.717) is 51.6 Å². The lowest BCUT2D eigenvalue weighted by atomic mass is 9.99. The minimum Gasteiger partial charge on any atom is -0.396 e. The number of thiophene rings is 1. The molecule has 3 aromatic rings. The number of hydrogen-bond acceptors (Lipinski definition) is 8. The van der Waals surface area contributed by atoms with E-state index in [-0.39, 0.29) is 37.2 Å². The number of hydrogen-bond donors (Lipinski definition) is 4. The highest BCUT2D eigenvalue weighted by molar-refractivity contribution is 7.19. The fourth-order valence-corrected chi connectivity index (χ4v) is 5.09. The Balaban J connectivity index is 1.40. The first-order valence-corrected chi connectivity index (χ1v) is 13.1. The number of benzene rings is 1. The summed E-state index contributed by atoms with van der Waals surface area (Å²) in [6, 6.07) is 11.6. The molecular formula is C27H31FN4O5S. The van der Waals surface area contributed by atoms with Crippen LogP contribution in [-0.4, -0.2) is 54.9 Å². The van der Waals surface area contributed by atoms with E-state index in [2.05, 4.69) is 15.6 Å². The molecule has 2 amide bonds. The second-order valence-electron chi connectivity index (χ2n) is 9.21. The van der Waals surface area contributed by atoms with Crippen molar-refractivity contribution in [1.82, 2.24) is 10.3 Å². The molecule has 202 valence electrons. The number of halogens is 1. The van der Waals surface area contributed by atoms with Crippen LogP contribution >= 0.6 is 11.3 Å². The molecule has 2 aromatic heterocycles. The van der Waals surface area contributed by atoms with Crippen molar-refractivity contribution in [3.63, 3.8) is 0 Å². The third-order valence-electron chi connectivity index (χ3n) is 6.24. The molecular weight excluding hydrogens is 511 g/mol. The van der Waals surface area contributed by atoms with Crippen LogP contribution in [0, 0.1) is 11.7 Å². The van der Waals surface area contributed by atoms with Crippen LogP contribution in [0.3, 0.4) is 0 Å². The molecule has 0 bridgehead atoms. The van der Waals surface area contributed by atoms with Gasteiger partial charge in [-0.1, -0.05) is 25.1 Å². The smallest absolute Gasteiger partial charge is 0.251 e. The van der Waals surface area contributed by atoms with Crippen molar-refractivity contribution in [1.29, 1.82) is 0 Å². The summed E-state index contributed by atoms with van der Waals surface area (Å²) in [5.41, 5.74) is 7.40. The molecule has 0 aliphatic carbocycles. The summed E-state index contributed by atoms with van der Waals surface area (Å²) < 4.78 is 25.7. The second kappa shape index (κ2) is 12.9. The highest BCUT2D eigenvalue weighted by Gasteiger charge is 2.19. The van der Waals surface area contributed by atoms with Gasteiger partial charge in [0.1, 0.15) is 23.2 Å². The Morgan fingerprint density at radius 3 is 2.87 bits per heavy atom.